The van der Waals surface area contributed by atoms with Crippen LogP contribution in [0.2, 0.25) is 0 Å². The number of carbonyl (C=O) groups excluding carboxylic acids is 1. The predicted molar refractivity (Wildman–Crippen MR) is 82.9 cm³/mol. The van der Waals surface area contributed by atoms with Gasteiger partial charge in [-0.15, -0.1) is 0 Å². The Morgan fingerprint density at radius 2 is 1.91 bits per heavy atom. The van der Waals surface area contributed by atoms with Crippen LogP contribution in [0.3, 0.4) is 0 Å². The maximum Gasteiger partial charge on any atom is 0.222 e. The predicted octanol–water partition coefficient (Wildman–Crippen LogP) is 3.11. The third kappa shape index (κ3) is 4.84. The fourth-order valence-electron chi connectivity index (χ4n) is 2.00. The quantitative estimate of drug-likeness (QED) is 0.703. The lowest BCUT2D eigenvalue weighted by Crippen LogP contribution is -2.26. The van der Waals surface area contributed by atoms with Gasteiger partial charge in [-0.25, -0.2) is 0 Å². The first-order chi connectivity index (χ1) is 10.7. The van der Waals surface area contributed by atoms with E-state index < -0.39 is 0 Å². The normalized spacial score (nSPS) is 10.3. The SMILES string of the molecule is COc1ccc(OCCCC(=O)N(C)Cc2ccco2)cc1. The van der Waals surface area contributed by atoms with E-state index >= 15 is 0 Å². The van der Waals surface area contributed by atoms with Gasteiger partial charge >= 0.3 is 0 Å². The van der Waals surface area contributed by atoms with Crippen molar-refractivity contribution in [2.24, 2.45) is 0 Å². The Kier molecular flexibility index (Phi) is 5.89. The van der Waals surface area contributed by atoms with Gasteiger partial charge in [0.2, 0.25) is 5.91 Å². The molecule has 0 N–H and O–H groups in total. The molecule has 5 heteroatoms. The Bertz CT molecular complexity index is 563. The molecule has 1 amide bonds. The first-order valence-corrected chi connectivity index (χ1v) is 7.22. The summed E-state index contributed by atoms with van der Waals surface area (Å²) < 4.78 is 15.9. The van der Waals surface area contributed by atoms with E-state index in [1.807, 2.05) is 36.4 Å². The van der Waals surface area contributed by atoms with Crippen molar-refractivity contribution >= 4 is 5.91 Å². The summed E-state index contributed by atoms with van der Waals surface area (Å²) in [6.45, 7) is 0.998. The Balaban J connectivity index is 1.65. The van der Waals surface area contributed by atoms with E-state index in [1.165, 1.54) is 0 Å². The molecule has 1 aromatic carbocycles. The molecule has 118 valence electrons. The van der Waals surface area contributed by atoms with Crippen LogP contribution in [-0.2, 0) is 11.3 Å². The van der Waals surface area contributed by atoms with E-state index in [9.17, 15) is 4.79 Å². The maximum atomic E-state index is 12.0. The van der Waals surface area contributed by atoms with Gasteiger partial charge in [-0.05, 0) is 42.8 Å². The second-order valence-electron chi connectivity index (χ2n) is 4.96. The molecule has 1 heterocycles. The van der Waals surface area contributed by atoms with Crippen LogP contribution >= 0.6 is 0 Å². The van der Waals surface area contributed by atoms with Crippen LogP contribution in [-0.4, -0.2) is 31.6 Å². The van der Waals surface area contributed by atoms with E-state index in [0.717, 1.165) is 17.3 Å². The zero-order valence-electron chi connectivity index (χ0n) is 13.0. The molecule has 5 nitrogen and oxygen atoms in total. The third-order valence-electron chi connectivity index (χ3n) is 3.26. The van der Waals surface area contributed by atoms with Gasteiger partial charge in [0.05, 0.1) is 26.5 Å². The summed E-state index contributed by atoms with van der Waals surface area (Å²) in [4.78, 5) is 13.6. The molecule has 0 atom stereocenters. The van der Waals surface area contributed by atoms with Crippen molar-refractivity contribution in [1.29, 1.82) is 0 Å². The minimum atomic E-state index is 0.0785. The number of methoxy groups -OCH3 is 1. The van der Waals surface area contributed by atoms with Crippen molar-refractivity contribution < 1.29 is 18.7 Å². The number of furan rings is 1. The highest BCUT2D eigenvalue weighted by molar-refractivity contribution is 5.75. The van der Waals surface area contributed by atoms with Crippen molar-refractivity contribution in [2.45, 2.75) is 19.4 Å². The van der Waals surface area contributed by atoms with E-state index in [4.69, 9.17) is 13.9 Å². The number of ether oxygens (including phenoxy) is 2. The highest BCUT2D eigenvalue weighted by atomic mass is 16.5. The van der Waals surface area contributed by atoms with Crippen LogP contribution in [0.5, 0.6) is 11.5 Å². The highest BCUT2D eigenvalue weighted by Crippen LogP contribution is 2.17. The molecule has 0 spiro atoms. The number of hydrogen-bond acceptors (Lipinski definition) is 4. The lowest BCUT2D eigenvalue weighted by Gasteiger charge is -2.15. The van der Waals surface area contributed by atoms with Crippen molar-refractivity contribution in [1.82, 2.24) is 4.90 Å². The summed E-state index contributed by atoms with van der Waals surface area (Å²) in [6.07, 6.45) is 2.73. The summed E-state index contributed by atoms with van der Waals surface area (Å²) in [5, 5.41) is 0. The number of nitrogens with zero attached hydrogens (tertiary/aromatic N) is 1. The molecule has 0 saturated heterocycles. The van der Waals surface area contributed by atoms with Gasteiger partial charge in [0.15, 0.2) is 0 Å². The first kappa shape index (κ1) is 15.9. The molecule has 0 aliphatic heterocycles. The molecule has 0 fully saturated rings. The summed E-state index contributed by atoms with van der Waals surface area (Å²) in [5.41, 5.74) is 0. The van der Waals surface area contributed by atoms with Crippen molar-refractivity contribution in [3.05, 3.63) is 48.4 Å². The number of rotatable bonds is 8. The minimum Gasteiger partial charge on any atom is -0.497 e. The Morgan fingerprint density at radius 3 is 2.55 bits per heavy atom. The molecule has 0 saturated carbocycles. The van der Waals surface area contributed by atoms with Gasteiger partial charge in [-0.2, -0.15) is 0 Å². The smallest absolute Gasteiger partial charge is 0.222 e. The van der Waals surface area contributed by atoms with Gasteiger partial charge in [-0.1, -0.05) is 0 Å². The lowest BCUT2D eigenvalue weighted by atomic mass is 10.3. The zero-order chi connectivity index (χ0) is 15.8. The first-order valence-electron chi connectivity index (χ1n) is 7.22. The van der Waals surface area contributed by atoms with Crippen LogP contribution in [0.1, 0.15) is 18.6 Å². The van der Waals surface area contributed by atoms with E-state index in [0.29, 0.717) is 26.0 Å². The third-order valence-corrected chi connectivity index (χ3v) is 3.26. The number of amides is 1. The molecule has 2 aromatic rings. The number of carbonyl (C=O) groups is 1. The summed E-state index contributed by atoms with van der Waals surface area (Å²) >= 11 is 0. The molecular weight excluding hydrogens is 282 g/mol. The Labute approximate surface area is 130 Å². The fraction of sp³-hybridized carbons (Fsp3) is 0.353. The second-order valence-corrected chi connectivity index (χ2v) is 4.96. The van der Waals surface area contributed by atoms with Gasteiger partial charge < -0.3 is 18.8 Å². The van der Waals surface area contributed by atoms with Gasteiger partial charge in [0, 0.05) is 13.5 Å². The van der Waals surface area contributed by atoms with E-state index in [-0.39, 0.29) is 5.91 Å². The van der Waals surface area contributed by atoms with Gasteiger partial charge in [0.1, 0.15) is 17.3 Å². The summed E-state index contributed by atoms with van der Waals surface area (Å²) in [7, 11) is 3.40. The van der Waals surface area contributed by atoms with Crippen LogP contribution in [0.4, 0.5) is 0 Å². The summed E-state index contributed by atoms with van der Waals surface area (Å²) in [6, 6.07) is 11.1. The van der Waals surface area contributed by atoms with Crippen molar-refractivity contribution in [3.63, 3.8) is 0 Å². The second kappa shape index (κ2) is 8.12. The Hall–Kier alpha value is -2.43. The molecule has 0 unspecified atom stereocenters. The van der Waals surface area contributed by atoms with Gasteiger partial charge in [-0.3, -0.25) is 4.79 Å². The van der Waals surface area contributed by atoms with Crippen LogP contribution in [0.15, 0.2) is 47.1 Å². The molecule has 0 bridgehead atoms. The van der Waals surface area contributed by atoms with Crippen LogP contribution in [0, 0.1) is 0 Å². The Morgan fingerprint density at radius 1 is 1.18 bits per heavy atom. The molecule has 22 heavy (non-hydrogen) atoms. The van der Waals surface area contributed by atoms with Crippen LogP contribution in [0.25, 0.3) is 0 Å². The van der Waals surface area contributed by atoms with Crippen molar-refractivity contribution in [2.75, 3.05) is 20.8 Å². The highest BCUT2D eigenvalue weighted by Gasteiger charge is 2.10. The number of benzene rings is 1. The monoisotopic (exact) mass is 303 g/mol. The molecule has 0 aliphatic carbocycles. The topological polar surface area (TPSA) is 51.9 Å². The average Bonchev–Trinajstić information content (AvgIpc) is 3.04. The molecule has 0 aliphatic rings. The lowest BCUT2D eigenvalue weighted by molar-refractivity contribution is -0.130. The van der Waals surface area contributed by atoms with Crippen LogP contribution < -0.4 is 9.47 Å². The molecular formula is C17H21NO4. The van der Waals surface area contributed by atoms with Gasteiger partial charge in [0.25, 0.3) is 0 Å². The minimum absolute atomic E-state index is 0.0785. The maximum absolute atomic E-state index is 12.0. The fourth-order valence-corrected chi connectivity index (χ4v) is 2.00. The average molecular weight is 303 g/mol. The van der Waals surface area contributed by atoms with E-state index in [1.54, 1.807) is 25.3 Å². The van der Waals surface area contributed by atoms with Crippen molar-refractivity contribution in [3.8, 4) is 11.5 Å². The standard InChI is InChI=1S/C17H21NO4/c1-18(13-16-5-3-11-22-16)17(19)6-4-12-21-15-9-7-14(20-2)8-10-15/h3,5,7-11H,4,6,12-13H2,1-2H3. The molecule has 1 aromatic heterocycles. The molecule has 2 rings (SSSR count). The zero-order valence-corrected chi connectivity index (χ0v) is 13.0. The summed E-state index contributed by atoms with van der Waals surface area (Å²) in [5.74, 6) is 2.43. The largest absolute Gasteiger partial charge is 0.497 e. The molecule has 0 radical (unpaired) electrons. The van der Waals surface area contributed by atoms with E-state index in [2.05, 4.69) is 0 Å². The number of hydrogen-bond donors (Lipinski definition) is 0.